The van der Waals surface area contributed by atoms with E-state index in [2.05, 4.69) is 15.1 Å². The van der Waals surface area contributed by atoms with Crippen molar-refractivity contribution in [3.8, 4) is 11.1 Å². The molecule has 0 fully saturated rings. The second kappa shape index (κ2) is 4.97. The topological polar surface area (TPSA) is 84.4 Å². The predicted octanol–water partition coefficient (Wildman–Crippen LogP) is 1.82. The second-order valence-corrected chi connectivity index (χ2v) is 3.83. The number of aryl methyl sites for hydroxylation is 1. The van der Waals surface area contributed by atoms with Crippen LogP contribution in [0, 0.1) is 18.6 Å². The zero-order valence-corrected chi connectivity index (χ0v) is 9.93. The number of aromatic nitrogens is 2. The van der Waals surface area contributed by atoms with Crippen molar-refractivity contribution < 1.29 is 14.0 Å². The third-order valence-electron chi connectivity index (χ3n) is 2.51. The molecule has 19 heavy (non-hydrogen) atoms. The summed E-state index contributed by atoms with van der Waals surface area (Å²) in [5.74, 6) is -1.45. The Kier molecular flexibility index (Phi) is 3.37. The molecule has 0 aliphatic heterocycles. The normalized spacial score (nSPS) is 11.6. The first-order valence-electron chi connectivity index (χ1n) is 5.29. The lowest BCUT2D eigenvalue weighted by Crippen LogP contribution is -2.16. The highest BCUT2D eigenvalue weighted by atomic mass is 19.1. The molecule has 7 heteroatoms. The number of oxime groups is 1. The summed E-state index contributed by atoms with van der Waals surface area (Å²) in [6.45, 7) is 1.43. The summed E-state index contributed by atoms with van der Waals surface area (Å²) < 4.78 is 27.1. The summed E-state index contributed by atoms with van der Waals surface area (Å²) >= 11 is 0. The summed E-state index contributed by atoms with van der Waals surface area (Å²) in [5, 5.41) is 11.4. The molecule has 2 heterocycles. The third-order valence-corrected chi connectivity index (χ3v) is 2.51. The monoisotopic (exact) mass is 264 g/mol. The van der Waals surface area contributed by atoms with E-state index in [9.17, 15) is 8.78 Å². The summed E-state index contributed by atoms with van der Waals surface area (Å²) in [5.41, 5.74) is 5.90. The van der Waals surface area contributed by atoms with E-state index in [0.717, 1.165) is 12.3 Å². The van der Waals surface area contributed by atoms with E-state index in [4.69, 9.17) is 10.9 Å². The largest absolute Gasteiger partial charge is 0.409 e. The molecule has 0 saturated carbocycles. The molecule has 0 spiro atoms. The van der Waals surface area contributed by atoms with E-state index < -0.39 is 11.6 Å². The van der Waals surface area contributed by atoms with Crippen LogP contribution in [0.4, 0.5) is 8.78 Å². The van der Waals surface area contributed by atoms with Gasteiger partial charge in [-0.2, -0.15) is 0 Å². The van der Waals surface area contributed by atoms with E-state index in [1.54, 1.807) is 0 Å². The quantitative estimate of drug-likeness (QED) is 0.375. The van der Waals surface area contributed by atoms with E-state index >= 15 is 0 Å². The first-order chi connectivity index (χ1) is 9.02. The molecule has 0 atom stereocenters. The van der Waals surface area contributed by atoms with Crippen molar-refractivity contribution in [2.24, 2.45) is 10.9 Å². The van der Waals surface area contributed by atoms with Gasteiger partial charge in [0.1, 0.15) is 11.5 Å². The van der Waals surface area contributed by atoms with Crippen LogP contribution < -0.4 is 5.73 Å². The zero-order valence-electron chi connectivity index (χ0n) is 9.93. The van der Waals surface area contributed by atoms with Crippen molar-refractivity contribution in [2.45, 2.75) is 6.92 Å². The molecule has 2 aromatic rings. The average Bonchev–Trinajstić information content (AvgIpc) is 2.40. The van der Waals surface area contributed by atoms with E-state index in [0.29, 0.717) is 0 Å². The molecule has 2 rings (SSSR count). The molecule has 5 nitrogen and oxygen atoms in total. The van der Waals surface area contributed by atoms with Gasteiger partial charge in [-0.05, 0) is 19.1 Å². The lowest BCUT2D eigenvalue weighted by molar-refractivity contribution is 0.318. The fourth-order valence-corrected chi connectivity index (χ4v) is 1.61. The number of rotatable bonds is 2. The van der Waals surface area contributed by atoms with Gasteiger partial charge in [0.25, 0.3) is 0 Å². The Morgan fingerprint density at radius 3 is 2.68 bits per heavy atom. The first-order valence-corrected chi connectivity index (χ1v) is 5.29. The fraction of sp³-hybridized carbons (Fsp3) is 0.0833. The van der Waals surface area contributed by atoms with E-state index in [1.807, 2.05) is 0 Å². The summed E-state index contributed by atoms with van der Waals surface area (Å²) in [6.07, 6.45) is 2.33. The summed E-state index contributed by atoms with van der Waals surface area (Å²) in [4.78, 5) is 7.50. The molecule has 0 bridgehead atoms. The molecule has 0 aliphatic rings. The molecule has 2 aromatic heterocycles. The third kappa shape index (κ3) is 2.49. The maximum atomic E-state index is 14.0. The highest BCUT2D eigenvalue weighted by molar-refractivity contribution is 5.96. The minimum atomic E-state index is -0.609. The predicted molar refractivity (Wildman–Crippen MR) is 64.6 cm³/mol. The van der Waals surface area contributed by atoms with E-state index in [-0.39, 0.29) is 28.4 Å². The maximum Gasteiger partial charge on any atom is 0.188 e. The molecular formula is C12H10F2N4O. The van der Waals surface area contributed by atoms with Gasteiger partial charge in [-0.15, -0.1) is 0 Å². The van der Waals surface area contributed by atoms with Crippen LogP contribution in [0.3, 0.4) is 0 Å². The highest BCUT2D eigenvalue weighted by Gasteiger charge is 2.14. The van der Waals surface area contributed by atoms with Crippen LogP contribution in [0.2, 0.25) is 0 Å². The Labute approximate surface area is 107 Å². The van der Waals surface area contributed by atoms with Gasteiger partial charge >= 0.3 is 0 Å². The van der Waals surface area contributed by atoms with Gasteiger partial charge in [0.2, 0.25) is 0 Å². The van der Waals surface area contributed by atoms with Gasteiger partial charge in [-0.1, -0.05) is 5.16 Å². The van der Waals surface area contributed by atoms with Crippen molar-refractivity contribution in [3.05, 3.63) is 47.5 Å². The fourth-order valence-electron chi connectivity index (χ4n) is 1.61. The van der Waals surface area contributed by atoms with E-state index in [1.165, 1.54) is 19.2 Å². The van der Waals surface area contributed by atoms with Crippen molar-refractivity contribution in [2.75, 3.05) is 0 Å². The number of halogens is 2. The van der Waals surface area contributed by atoms with Gasteiger partial charge < -0.3 is 10.9 Å². The lowest BCUT2D eigenvalue weighted by atomic mass is 10.1. The molecule has 0 unspecified atom stereocenters. The maximum absolute atomic E-state index is 14.0. The van der Waals surface area contributed by atoms with Crippen LogP contribution in [0.25, 0.3) is 11.1 Å². The number of nitrogens with two attached hydrogens (primary N) is 1. The molecular weight excluding hydrogens is 254 g/mol. The molecule has 98 valence electrons. The second-order valence-electron chi connectivity index (χ2n) is 3.83. The Morgan fingerprint density at radius 1 is 1.32 bits per heavy atom. The lowest BCUT2D eigenvalue weighted by Gasteiger charge is -2.08. The minimum Gasteiger partial charge on any atom is -0.409 e. The van der Waals surface area contributed by atoms with Crippen molar-refractivity contribution >= 4 is 5.84 Å². The van der Waals surface area contributed by atoms with Crippen molar-refractivity contribution in [1.29, 1.82) is 0 Å². The highest BCUT2D eigenvalue weighted by Crippen LogP contribution is 2.24. The molecule has 3 N–H and O–H groups in total. The standard InChI is InChI=1S/C12H10F2N4O/c1-6-11(14)9(3-10(17-6)12(15)18-19)7-2-8(13)5-16-4-7/h2-5,19H,1H3,(H2,15,18). The van der Waals surface area contributed by atoms with Crippen molar-refractivity contribution in [3.63, 3.8) is 0 Å². The molecule has 0 amide bonds. The Balaban J connectivity index is 2.66. The van der Waals surface area contributed by atoms with Gasteiger partial charge in [0.05, 0.1) is 11.9 Å². The van der Waals surface area contributed by atoms with Gasteiger partial charge in [0, 0.05) is 17.3 Å². The molecule has 0 saturated heterocycles. The van der Waals surface area contributed by atoms with Crippen LogP contribution in [0.15, 0.2) is 29.7 Å². The van der Waals surface area contributed by atoms with Gasteiger partial charge in [0.15, 0.2) is 11.7 Å². The number of amidine groups is 1. The smallest absolute Gasteiger partial charge is 0.188 e. The van der Waals surface area contributed by atoms with Crippen LogP contribution in [-0.2, 0) is 0 Å². The molecule has 0 aromatic carbocycles. The number of nitrogens with zero attached hydrogens (tertiary/aromatic N) is 3. The minimum absolute atomic E-state index is 0.0587. The van der Waals surface area contributed by atoms with Crippen LogP contribution >= 0.6 is 0 Å². The summed E-state index contributed by atoms with van der Waals surface area (Å²) in [6, 6.07) is 2.41. The Hall–Kier alpha value is -2.57. The summed E-state index contributed by atoms with van der Waals surface area (Å²) in [7, 11) is 0. The van der Waals surface area contributed by atoms with Crippen LogP contribution in [0.1, 0.15) is 11.4 Å². The van der Waals surface area contributed by atoms with Gasteiger partial charge in [-0.25, -0.2) is 13.8 Å². The molecule has 0 radical (unpaired) electrons. The SMILES string of the molecule is Cc1nc(/C(N)=N/O)cc(-c2cncc(F)c2)c1F. The number of hydrogen-bond donors (Lipinski definition) is 2. The Bertz CT molecular complexity index is 658. The Morgan fingerprint density at radius 2 is 2.05 bits per heavy atom. The van der Waals surface area contributed by atoms with Crippen LogP contribution in [0.5, 0.6) is 0 Å². The zero-order chi connectivity index (χ0) is 14.0. The van der Waals surface area contributed by atoms with Crippen LogP contribution in [-0.4, -0.2) is 21.0 Å². The first kappa shape index (κ1) is 12.9. The average molecular weight is 264 g/mol. The number of hydrogen-bond acceptors (Lipinski definition) is 4. The van der Waals surface area contributed by atoms with Crippen molar-refractivity contribution in [1.82, 2.24) is 9.97 Å². The molecule has 0 aliphatic carbocycles. The van der Waals surface area contributed by atoms with Gasteiger partial charge in [-0.3, -0.25) is 4.98 Å². The number of pyridine rings is 2.